The van der Waals surface area contributed by atoms with E-state index in [-0.39, 0.29) is 33.3 Å². The molecule has 2 aromatic rings. The molecule has 0 aliphatic carbocycles. The van der Waals surface area contributed by atoms with Crippen LogP contribution in [0, 0.1) is 5.92 Å². The number of hydrogen-bond donors (Lipinski definition) is 1. The summed E-state index contributed by atoms with van der Waals surface area (Å²) in [5.74, 6) is -0.799. The minimum Gasteiger partial charge on any atom is -0.336 e. The molecule has 2 amide bonds. The summed E-state index contributed by atoms with van der Waals surface area (Å²) in [7, 11) is -1.86. The van der Waals surface area contributed by atoms with Crippen LogP contribution >= 0.6 is 23.2 Å². The van der Waals surface area contributed by atoms with Crippen molar-refractivity contribution in [2.75, 3.05) is 51.6 Å². The van der Waals surface area contributed by atoms with E-state index in [0.29, 0.717) is 43.7 Å². The molecule has 11 heteroatoms. The number of nitrogens with one attached hydrogen (secondary N) is 1. The van der Waals surface area contributed by atoms with Crippen LogP contribution in [0.25, 0.3) is 0 Å². The fourth-order valence-corrected chi connectivity index (χ4v) is 6.58. The minimum atomic E-state index is -3.89. The Morgan fingerprint density at radius 3 is 2.34 bits per heavy atom. The third-order valence-corrected chi connectivity index (χ3v) is 9.04. The fourth-order valence-electron chi connectivity index (χ4n) is 4.32. The molecular formula is C24H28Cl2N4O4S. The highest BCUT2D eigenvalue weighted by molar-refractivity contribution is 7.89. The number of likely N-dealkylation sites (N-methyl/N-ethyl adjacent to an activating group) is 1. The highest BCUT2D eigenvalue weighted by Gasteiger charge is 2.34. The van der Waals surface area contributed by atoms with E-state index in [1.165, 1.54) is 22.5 Å². The largest absolute Gasteiger partial charge is 0.336 e. The summed E-state index contributed by atoms with van der Waals surface area (Å²) in [4.78, 5) is 29.6. The summed E-state index contributed by atoms with van der Waals surface area (Å²) in [5, 5.41) is 3.22. The predicted molar refractivity (Wildman–Crippen MR) is 136 cm³/mol. The van der Waals surface area contributed by atoms with Gasteiger partial charge in [-0.1, -0.05) is 23.2 Å². The van der Waals surface area contributed by atoms with Crippen LogP contribution in [0.5, 0.6) is 0 Å². The van der Waals surface area contributed by atoms with Gasteiger partial charge in [-0.2, -0.15) is 4.31 Å². The Labute approximate surface area is 215 Å². The predicted octanol–water partition coefficient (Wildman–Crippen LogP) is 3.42. The lowest BCUT2D eigenvalue weighted by Gasteiger charge is -2.32. The van der Waals surface area contributed by atoms with Crippen molar-refractivity contribution < 1.29 is 18.0 Å². The molecule has 2 heterocycles. The molecule has 0 aromatic heterocycles. The van der Waals surface area contributed by atoms with E-state index >= 15 is 0 Å². The Bertz CT molecular complexity index is 1200. The molecule has 0 bridgehead atoms. The molecule has 2 aliphatic heterocycles. The number of carbonyl (C=O) groups is 2. The van der Waals surface area contributed by atoms with Crippen molar-refractivity contribution in [2.45, 2.75) is 17.7 Å². The molecule has 0 spiro atoms. The number of piperidine rings is 1. The fraction of sp³-hybridized carbons (Fsp3) is 0.417. The molecule has 4 rings (SSSR count). The first-order valence-corrected chi connectivity index (χ1v) is 13.7. The summed E-state index contributed by atoms with van der Waals surface area (Å²) < 4.78 is 27.6. The van der Waals surface area contributed by atoms with Crippen molar-refractivity contribution in [3.63, 3.8) is 0 Å². The maximum absolute atomic E-state index is 13.1. The van der Waals surface area contributed by atoms with E-state index < -0.39 is 15.9 Å². The monoisotopic (exact) mass is 538 g/mol. The molecule has 8 nitrogen and oxygen atoms in total. The second-order valence-electron chi connectivity index (χ2n) is 8.94. The number of piperazine rings is 1. The van der Waals surface area contributed by atoms with Gasteiger partial charge in [-0.05, 0) is 62.4 Å². The lowest BCUT2D eigenvalue weighted by atomic mass is 9.98. The van der Waals surface area contributed by atoms with Crippen LogP contribution in [-0.4, -0.2) is 80.7 Å². The number of nitrogens with zero attached hydrogens (tertiary/aromatic N) is 3. The van der Waals surface area contributed by atoms with Crippen LogP contribution in [0.4, 0.5) is 5.69 Å². The van der Waals surface area contributed by atoms with Crippen molar-refractivity contribution in [1.29, 1.82) is 0 Å². The maximum Gasteiger partial charge on any atom is 0.253 e. The van der Waals surface area contributed by atoms with E-state index in [4.69, 9.17) is 23.2 Å². The zero-order valence-electron chi connectivity index (χ0n) is 19.4. The van der Waals surface area contributed by atoms with Crippen LogP contribution in [0.15, 0.2) is 47.4 Å². The van der Waals surface area contributed by atoms with Crippen LogP contribution in [0.2, 0.25) is 10.0 Å². The van der Waals surface area contributed by atoms with E-state index in [2.05, 4.69) is 10.2 Å². The van der Waals surface area contributed by atoms with E-state index in [9.17, 15) is 18.0 Å². The zero-order chi connectivity index (χ0) is 25.2. The van der Waals surface area contributed by atoms with Gasteiger partial charge in [0, 0.05) is 55.5 Å². The molecule has 1 N–H and O–H groups in total. The maximum atomic E-state index is 13.1. The van der Waals surface area contributed by atoms with Crippen LogP contribution in [0.3, 0.4) is 0 Å². The summed E-state index contributed by atoms with van der Waals surface area (Å²) in [6.07, 6.45) is 1.12. The number of rotatable bonds is 5. The van der Waals surface area contributed by atoms with Crippen LogP contribution in [0.1, 0.15) is 23.2 Å². The Balaban J connectivity index is 1.39. The lowest BCUT2D eigenvalue weighted by molar-refractivity contribution is -0.120. The van der Waals surface area contributed by atoms with E-state index in [1.54, 1.807) is 24.3 Å². The summed E-state index contributed by atoms with van der Waals surface area (Å²) in [6.45, 7) is 3.43. The first-order valence-electron chi connectivity index (χ1n) is 11.5. The second kappa shape index (κ2) is 10.8. The number of anilines is 1. The summed E-state index contributed by atoms with van der Waals surface area (Å²) >= 11 is 12.1. The molecular weight excluding hydrogens is 511 g/mol. The average Bonchev–Trinajstić information content (AvgIpc) is 2.86. The molecule has 35 heavy (non-hydrogen) atoms. The number of hydrogen-bond acceptors (Lipinski definition) is 5. The molecule has 188 valence electrons. The van der Waals surface area contributed by atoms with Gasteiger partial charge in [0.1, 0.15) is 4.90 Å². The number of amides is 2. The Morgan fingerprint density at radius 2 is 1.66 bits per heavy atom. The van der Waals surface area contributed by atoms with Gasteiger partial charge in [-0.3, -0.25) is 9.59 Å². The van der Waals surface area contributed by atoms with E-state index in [0.717, 1.165) is 13.1 Å². The smallest absolute Gasteiger partial charge is 0.253 e. The molecule has 0 saturated carbocycles. The van der Waals surface area contributed by atoms with Crippen LogP contribution in [-0.2, 0) is 14.8 Å². The number of sulfonamides is 1. The van der Waals surface area contributed by atoms with Gasteiger partial charge in [0.25, 0.3) is 5.91 Å². The number of halogens is 2. The minimum absolute atomic E-state index is 0.0243. The average molecular weight is 539 g/mol. The molecule has 1 atom stereocenters. The Kier molecular flexibility index (Phi) is 8.02. The first kappa shape index (κ1) is 25.9. The molecule has 2 saturated heterocycles. The van der Waals surface area contributed by atoms with Crippen molar-refractivity contribution in [3.05, 3.63) is 58.1 Å². The van der Waals surface area contributed by atoms with Gasteiger partial charge >= 0.3 is 0 Å². The molecule has 2 aromatic carbocycles. The molecule has 2 fully saturated rings. The summed E-state index contributed by atoms with van der Waals surface area (Å²) in [6, 6.07) is 11.1. The third-order valence-electron chi connectivity index (χ3n) is 6.46. The third kappa shape index (κ3) is 5.98. The lowest BCUT2D eigenvalue weighted by Crippen LogP contribution is -2.47. The number of carbonyl (C=O) groups excluding carboxylic acids is 2. The van der Waals surface area contributed by atoms with Gasteiger partial charge < -0.3 is 15.1 Å². The Morgan fingerprint density at radius 1 is 0.971 bits per heavy atom. The normalized spacial score (nSPS) is 20.0. The van der Waals surface area contributed by atoms with E-state index in [1.807, 2.05) is 11.9 Å². The first-order chi connectivity index (χ1) is 16.6. The molecule has 1 unspecified atom stereocenters. The van der Waals surface area contributed by atoms with Crippen molar-refractivity contribution in [1.82, 2.24) is 14.1 Å². The summed E-state index contributed by atoms with van der Waals surface area (Å²) in [5.41, 5.74) is 1.13. The Hall–Kier alpha value is -2.17. The number of benzene rings is 2. The highest BCUT2D eigenvalue weighted by Crippen LogP contribution is 2.30. The van der Waals surface area contributed by atoms with Gasteiger partial charge in [0.15, 0.2) is 0 Å². The van der Waals surface area contributed by atoms with Crippen molar-refractivity contribution >= 4 is 50.7 Å². The van der Waals surface area contributed by atoms with Gasteiger partial charge in [-0.25, -0.2) is 8.42 Å². The quantitative estimate of drug-likeness (QED) is 0.629. The van der Waals surface area contributed by atoms with Gasteiger partial charge in [0.05, 0.1) is 10.9 Å². The van der Waals surface area contributed by atoms with Gasteiger partial charge in [-0.15, -0.1) is 0 Å². The van der Waals surface area contributed by atoms with Crippen molar-refractivity contribution in [2.24, 2.45) is 5.92 Å². The SMILES string of the molecule is CN1CCN(C(=O)c2ccc(NC(=O)C3CCCN(S(=O)(=O)c4cc(Cl)ccc4Cl)C3)cc2)CC1. The van der Waals surface area contributed by atoms with Crippen molar-refractivity contribution in [3.8, 4) is 0 Å². The topological polar surface area (TPSA) is 90.0 Å². The van der Waals surface area contributed by atoms with Crippen LogP contribution < -0.4 is 5.32 Å². The molecule has 0 radical (unpaired) electrons. The zero-order valence-corrected chi connectivity index (χ0v) is 21.7. The molecule has 2 aliphatic rings. The second-order valence-corrected chi connectivity index (χ2v) is 11.7. The highest BCUT2D eigenvalue weighted by atomic mass is 35.5. The standard InChI is InChI=1S/C24H28Cl2N4O4S/c1-28-11-13-29(14-12-28)24(32)17-4-7-20(8-5-17)27-23(31)18-3-2-10-30(16-18)35(33,34)22-15-19(25)6-9-21(22)26/h4-9,15,18H,2-3,10-14,16H2,1H3,(H,27,31). The van der Waals surface area contributed by atoms with Gasteiger partial charge in [0.2, 0.25) is 15.9 Å².